The zero-order chi connectivity index (χ0) is 14.2. The highest BCUT2D eigenvalue weighted by molar-refractivity contribution is 6.02. The zero-order valence-electron chi connectivity index (χ0n) is 10.5. The summed E-state index contributed by atoms with van der Waals surface area (Å²) in [6.45, 7) is -0.612. The fourth-order valence-electron chi connectivity index (χ4n) is 2.37. The van der Waals surface area contributed by atoms with Crippen molar-refractivity contribution in [3.05, 3.63) is 22.8 Å². The lowest BCUT2D eigenvalue weighted by Crippen LogP contribution is -2.18. The van der Waals surface area contributed by atoms with Crippen molar-refractivity contribution in [1.82, 2.24) is 0 Å². The summed E-state index contributed by atoms with van der Waals surface area (Å²) in [5.41, 5.74) is 0.257. The minimum Gasteiger partial charge on any atom is -0.507 e. The number of carbonyl (C=O) groups is 1. The van der Waals surface area contributed by atoms with E-state index in [2.05, 4.69) is 0 Å². The van der Waals surface area contributed by atoms with Crippen molar-refractivity contribution >= 4 is 5.78 Å². The summed E-state index contributed by atoms with van der Waals surface area (Å²) in [4.78, 5) is 11.9. The van der Waals surface area contributed by atoms with Crippen molar-refractivity contribution in [2.24, 2.45) is 0 Å². The van der Waals surface area contributed by atoms with Gasteiger partial charge in [-0.1, -0.05) is 0 Å². The van der Waals surface area contributed by atoms with Crippen LogP contribution in [0.2, 0.25) is 0 Å². The Balaban J connectivity index is 2.70. The number of aromatic hydroxyl groups is 1. The van der Waals surface area contributed by atoms with Gasteiger partial charge in [0.05, 0.1) is 30.9 Å². The Hall–Kier alpha value is -1.63. The monoisotopic (exact) mass is 268 g/mol. The Bertz CT molecular complexity index is 510. The van der Waals surface area contributed by atoms with E-state index < -0.39 is 24.6 Å². The molecule has 6 heteroatoms. The predicted octanol–water partition coefficient (Wildman–Crippen LogP) is 0.436. The molecule has 1 aliphatic carbocycles. The Morgan fingerprint density at radius 3 is 2.79 bits per heavy atom. The van der Waals surface area contributed by atoms with Crippen LogP contribution in [0.5, 0.6) is 11.5 Å². The summed E-state index contributed by atoms with van der Waals surface area (Å²) in [5.74, 6) is -0.599. The lowest BCUT2D eigenvalue weighted by atomic mass is 9.85. The molecule has 0 saturated heterocycles. The van der Waals surface area contributed by atoms with E-state index in [9.17, 15) is 20.1 Å². The highest BCUT2D eigenvalue weighted by Crippen LogP contribution is 2.43. The summed E-state index contributed by atoms with van der Waals surface area (Å²) in [5, 5.41) is 38.7. The van der Waals surface area contributed by atoms with Gasteiger partial charge in [0.15, 0.2) is 5.78 Å². The van der Waals surface area contributed by atoms with Crippen molar-refractivity contribution in [3.63, 3.8) is 0 Å². The van der Waals surface area contributed by atoms with Gasteiger partial charge in [-0.2, -0.15) is 0 Å². The van der Waals surface area contributed by atoms with Gasteiger partial charge in [0, 0.05) is 6.42 Å². The average Bonchev–Trinajstić information content (AvgIpc) is 2.41. The average molecular weight is 268 g/mol. The minimum atomic E-state index is -1.35. The van der Waals surface area contributed by atoms with Crippen LogP contribution in [0.3, 0.4) is 0 Å². The maximum Gasteiger partial charge on any atom is 0.167 e. The van der Waals surface area contributed by atoms with Crippen LogP contribution in [-0.2, 0) is 0 Å². The molecule has 0 fully saturated rings. The summed E-state index contributed by atoms with van der Waals surface area (Å²) in [6.07, 6.45) is -1.79. The van der Waals surface area contributed by atoms with Crippen LogP contribution in [0.4, 0.5) is 0 Å². The first kappa shape index (κ1) is 13.8. The van der Waals surface area contributed by atoms with E-state index in [0.29, 0.717) is 5.56 Å². The lowest BCUT2D eigenvalue weighted by molar-refractivity contribution is 0.0860. The van der Waals surface area contributed by atoms with Crippen molar-refractivity contribution in [2.45, 2.75) is 25.0 Å². The predicted molar refractivity (Wildman–Crippen MR) is 65.2 cm³/mol. The van der Waals surface area contributed by atoms with Gasteiger partial charge in [-0.05, 0) is 18.1 Å². The Labute approximate surface area is 109 Å². The maximum absolute atomic E-state index is 11.9. The van der Waals surface area contributed by atoms with Gasteiger partial charge in [0.25, 0.3) is 0 Å². The summed E-state index contributed by atoms with van der Waals surface area (Å²) >= 11 is 0. The molecule has 19 heavy (non-hydrogen) atoms. The summed E-state index contributed by atoms with van der Waals surface area (Å²) in [6, 6.07) is 1.42. The number of hydrogen-bond acceptors (Lipinski definition) is 6. The number of hydrogen-bond donors (Lipinski definition) is 4. The number of methoxy groups -OCH3 is 1. The van der Waals surface area contributed by atoms with Crippen molar-refractivity contribution in [3.8, 4) is 11.5 Å². The fraction of sp³-hybridized carbons (Fsp3) is 0.462. The number of aliphatic hydroxyl groups excluding tert-OH is 3. The van der Waals surface area contributed by atoms with Gasteiger partial charge in [-0.3, -0.25) is 4.79 Å². The van der Waals surface area contributed by atoms with E-state index in [1.807, 2.05) is 0 Å². The number of benzene rings is 1. The highest BCUT2D eigenvalue weighted by atomic mass is 16.5. The number of phenols is 1. The number of phenolic OH excluding ortho intramolecular Hbond substituents is 1. The number of rotatable bonds is 3. The van der Waals surface area contributed by atoms with Gasteiger partial charge in [-0.15, -0.1) is 0 Å². The molecule has 1 aromatic carbocycles. The van der Waals surface area contributed by atoms with Crippen LogP contribution in [0.1, 0.15) is 46.5 Å². The molecule has 0 radical (unpaired) electrons. The second-order valence-corrected chi connectivity index (χ2v) is 4.48. The van der Waals surface area contributed by atoms with E-state index in [1.54, 1.807) is 0 Å². The zero-order valence-corrected chi connectivity index (χ0v) is 10.5. The number of ketones is 1. The first-order valence-corrected chi connectivity index (χ1v) is 5.95. The molecule has 1 aliphatic rings. The van der Waals surface area contributed by atoms with E-state index in [1.165, 1.54) is 13.2 Å². The van der Waals surface area contributed by atoms with Crippen molar-refractivity contribution in [2.75, 3.05) is 13.7 Å². The molecular formula is C13H16O6. The second-order valence-electron chi connectivity index (χ2n) is 4.48. The van der Waals surface area contributed by atoms with E-state index in [0.717, 1.165) is 0 Å². The first-order chi connectivity index (χ1) is 9.01. The normalized spacial score (nSPS) is 20.0. The molecule has 2 rings (SSSR count). The Morgan fingerprint density at radius 1 is 1.53 bits per heavy atom. The van der Waals surface area contributed by atoms with Crippen molar-refractivity contribution < 1.29 is 30.0 Å². The molecule has 4 N–H and O–H groups in total. The van der Waals surface area contributed by atoms with Crippen LogP contribution in [0, 0.1) is 0 Å². The van der Waals surface area contributed by atoms with Crippen molar-refractivity contribution in [1.29, 1.82) is 0 Å². The van der Waals surface area contributed by atoms with Gasteiger partial charge >= 0.3 is 0 Å². The molecule has 0 amide bonds. The number of carbonyl (C=O) groups excluding carboxylic acids is 1. The van der Waals surface area contributed by atoms with Gasteiger partial charge in [-0.25, -0.2) is 0 Å². The quantitative estimate of drug-likeness (QED) is 0.633. The van der Waals surface area contributed by atoms with Crippen LogP contribution >= 0.6 is 0 Å². The molecule has 0 spiro atoms. The largest absolute Gasteiger partial charge is 0.507 e. The molecule has 0 aliphatic heterocycles. The van der Waals surface area contributed by atoms with Crippen LogP contribution in [0.25, 0.3) is 0 Å². The van der Waals surface area contributed by atoms with Gasteiger partial charge < -0.3 is 25.2 Å². The second kappa shape index (κ2) is 5.16. The molecular weight excluding hydrogens is 252 g/mol. The fourth-order valence-corrected chi connectivity index (χ4v) is 2.37. The number of aliphatic hydroxyl groups is 3. The van der Waals surface area contributed by atoms with Crippen LogP contribution in [0.15, 0.2) is 6.07 Å². The molecule has 0 aromatic heterocycles. The molecule has 2 atom stereocenters. The highest BCUT2D eigenvalue weighted by Gasteiger charge is 2.32. The molecule has 1 aromatic rings. The van der Waals surface area contributed by atoms with Crippen LogP contribution in [-0.4, -0.2) is 39.9 Å². The van der Waals surface area contributed by atoms with E-state index in [4.69, 9.17) is 9.84 Å². The molecule has 0 saturated carbocycles. The minimum absolute atomic E-state index is 0.00190. The third-order valence-corrected chi connectivity index (χ3v) is 3.34. The van der Waals surface area contributed by atoms with E-state index in [-0.39, 0.29) is 35.5 Å². The number of ether oxygens (including phenoxy) is 1. The maximum atomic E-state index is 11.9. The Kier molecular flexibility index (Phi) is 3.75. The number of fused-ring (bicyclic) bond motifs is 1. The smallest absolute Gasteiger partial charge is 0.167 e. The molecule has 104 valence electrons. The molecule has 0 bridgehead atoms. The topological polar surface area (TPSA) is 107 Å². The molecule has 6 nitrogen and oxygen atoms in total. The summed E-state index contributed by atoms with van der Waals surface area (Å²) in [7, 11) is 1.34. The Morgan fingerprint density at radius 2 is 2.21 bits per heavy atom. The third-order valence-electron chi connectivity index (χ3n) is 3.34. The van der Waals surface area contributed by atoms with Gasteiger partial charge in [0.2, 0.25) is 0 Å². The van der Waals surface area contributed by atoms with Gasteiger partial charge in [0.1, 0.15) is 17.6 Å². The van der Waals surface area contributed by atoms with E-state index >= 15 is 0 Å². The SMILES string of the molecule is COc1cc2c(c(O)c1C(O)CO)C(=O)CCC2O. The third kappa shape index (κ3) is 2.18. The standard InChI is InChI=1S/C13H16O6/c1-19-10-4-6-7(15)2-3-8(16)11(6)13(18)12(10)9(17)5-14/h4,7,9,14-15,17-18H,2-3,5H2,1H3. The molecule has 0 heterocycles. The van der Waals surface area contributed by atoms with Crippen LogP contribution < -0.4 is 4.74 Å². The lowest BCUT2D eigenvalue weighted by Gasteiger charge is -2.25. The first-order valence-electron chi connectivity index (χ1n) is 5.95. The number of Topliss-reactive ketones (excluding diaryl/α,β-unsaturated/α-hetero) is 1. The summed E-state index contributed by atoms with van der Waals surface area (Å²) < 4.78 is 5.05. The molecule has 2 unspecified atom stereocenters.